The van der Waals surface area contributed by atoms with Gasteiger partial charge in [-0.1, -0.05) is 11.6 Å². The van der Waals surface area contributed by atoms with Crippen LogP contribution in [0.1, 0.15) is 19.8 Å². The molecule has 1 nitrogen and oxygen atoms in total. The van der Waals surface area contributed by atoms with Gasteiger partial charge in [-0.2, -0.15) is 0 Å². The predicted molar refractivity (Wildman–Crippen MR) is 36.0 cm³/mol. The highest BCUT2D eigenvalue weighted by atomic mass is 16.3. The summed E-state index contributed by atoms with van der Waals surface area (Å²) in [7, 11) is 0. The molecule has 2 rings (SSSR count). The molecule has 3 atom stereocenters. The quantitative estimate of drug-likeness (QED) is 0.483. The van der Waals surface area contributed by atoms with Gasteiger partial charge in [0.25, 0.3) is 0 Å². The molecule has 0 heterocycles. The Morgan fingerprint density at radius 1 is 1.67 bits per heavy atom. The Labute approximate surface area is 55.4 Å². The molecule has 0 unspecified atom stereocenters. The van der Waals surface area contributed by atoms with Gasteiger partial charge in [0.15, 0.2) is 0 Å². The first-order chi connectivity index (χ1) is 4.29. The molecule has 0 aromatic heterocycles. The van der Waals surface area contributed by atoms with Crippen molar-refractivity contribution in [2.24, 2.45) is 11.8 Å². The number of fused-ring (bicyclic) bond motifs is 1. The fourth-order valence-electron chi connectivity index (χ4n) is 2.11. The van der Waals surface area contributed by atoms with Crippen LogP contribution in [0, 0.1) is 11.8 Å². The molecule has 0 bridgehead atoms. The van der Waals surface area contributed by atoms with E-state index in [0.717, 1.165) is 12.3 Å². The minimum absolute atomic E-state index is 0.00579. The summed E-state index contributed by atoms with van der Waals surface area (Å²) in [5.74, 6) is 1.35. The number of rotatable bonds is 0. The molecule has 50 valence electrons. The highest BCUT2D eigenvalue weighted by Gasteiger charge is 2.42. The first-order valence-corrected chi connectivity index (χ1v) is 3.64. The maximum absolute atomic E-state index is 9.25. The Hall–Kier alpha value is -0.300. The van der Waals surface area contributed by atoms with Gasteiger partial charge in [0.2, 0.25) is 0 Å². The van der Waals surface area contributed by atoms with Gasteiger partial charge in [0.05, 0.1) is 6.10 Å². The molecule has 0 aromatic carbocycles. The van der Waals surface area contributed by atoms with Crippen molar-refractivity contribution in [3.05, 3.63) is 11.6 Å². The molecule has 0 saturated heterocycles. The minimum Gasteiger partial charge on any atom is -0.392 e. The van der Waals surface area contributed by atoms with E-state index in [4.69, 9.17) is 0 Å². The molecule has 0 aliphatic heterocycles. The minimum atomic E-state index is -0.00579. The van der Waals surface area contributed by atoms with Crippen LogP contribution in [0.15, 0.2) is 11.6 Å². The van der Waals surface area contributed by atoms with E-state index in [2.05, 4.69) is 13.0 Å². The summed E-state index contributed by atoms with van der Waals surface area (Å²) in [4.78, 5) is 0. The molecule has 1 heteroatoms. The number of aliphatic hydroxyl groups is 1. The Morgan fingerprint density at radius 3 is 2.89 bits per heavy atom. The molecule has 0 amide bonds. The summed E-state index contributed by atoms with van der Waals surface area (Å²) >= 11 is 0. The van der Waals surface area contributed by atoms with Crippen LogP contribution in [0.4, 0.5) is 0 Å². The van der Waals surface area contributed by atoms with Crippen molar-refractivity contribution in [3.63, 3.8) is 0 Å². The second kappa shape index (κ2) is 1.60. The summed E-state index contributed by atoms with van der Waals surface area (Å²) in [6, 6.07) is 0. The zero-order valence-electron chi connectivity index (χ0n) is 5.67. The highest BCUT2D eigenvalue weighted by molar-refractivity contribution is 5.19. The summed E-state index contributed by atoms with van der Waals surface area (Å²) in [6.07, 6.45) is 4.52. The Morgan fingerprint density at radius 2 is 2.44 bits per heavy atom. The lowest BCUT2D eigenvalue weighted by Gasteiger charge is -2.38. The van der Waals surface area contributed by atoms with Crippen LogP contribution < -0.4 is 0 Å². The standard InChI is InChI=1S/C8H12O/c1-5-2-3-6-4-7(9)8(5)6/h2,6-9H,3-4H2,1H3/t6-,7+,8-/m1/s1. The predicted octanol–water partition coefficient (Wildman–Crippen LogP) is 1.33. The Kier molecular flexibility index (Phi) is 0.974. The van der Waals surface area contributed by atoms with E-state index in [1.165, 1.54) is 12.0 Å². The van der Waals surface area contributed by atoms with Gasteiger partial charge in [0.1, 0.15) is 0 Å². The first-order valence-electron chi connectivity index (χ1n) is 3.64. The molecular formula is C8H12O. The lowest BCUT2D eigenvalue weighted by molar-refractivity contribution is -0.00263. The molecule has 1 N–H and O–H groups in total. The fourth-order valence-corrected chi connectivity index (χ4v) is 2.11. The van der Waals surface area contributed by atoms with Gasteiger partial charge in [0, 0.05) is 5.92 Å². The van der Waals surface area contributed by atoms with Gasteiger partial charge in [-0.25, -0.2) is 0 Å². The van der Waals surface area contributed by atoms with Crippen LogP contribution in [0.25, 0.3) is 0 Å². The number of hydrogen-bond donors (Lipinski definition) is 1. The zero-order valence-corrected chi connectivity index (χ0v) is 5.67. The number of hydrogen-bond acceptors (Lipinski definition) is 1. The molecule has 0 aromatic rings. The van der Waals surface area contributed by atoms with Gasteiger partial charge in [-0.15, -0.1) is 0 Å². The maximum atomic E-state index is 9.25. The zero-order chi connectivity index (χ0) is 6.43. The van der Waals surface area contributed by atoms with Gasteiger partial charge in [-0.05, 0) is 25.7 Å². The Balaban J connectivity index is 2.15. The van der Waals surface area contributed by atoms with Crippen LogP contribution in [0.2, 0.25) is 0 Å². The van der Waals surface area contributed by atoms with Crippen LogP contribution in [-0.4, -0.2) is 11.2 Å². The van der Waals surface area contributed by atoms with E-state index in [0.29, 0.717) is 5.92 Å². The van der Waals surface area contributed by atoms with Crippen molar-refractivity contribution >= 4 is 0 Å². The molecular weight excluding hydrogens is 112 g/mol. The van der Waals surface area contributed by atoms with Crippen molar-refractivity contribution < 1.29 is 5.11 Å². The fraction of sp³-hybridized carbons (Fsp3) is 0.750. The highest BCUT2D eigenvalue weighted by Crippen LogP contribution is 2.46. The van der Waals surface area contributed by atoms with Crippen molar-refractivity contribution in [2.75, 3.05) is 0 Å². The normalized spacial score (nSPS) is 47.8. The van der Waals surface area contributed by atoms with Gasteiger partial charge >= 0.3 is 0 Å². The van der Waals surface area contributed by atoms with Crippen molar-refractivity contribution in [3.8, 4) is 0 Å². The Bertz CT molecular complexity index is 160. The van der Waals surface area contributed by atoms with E-state index in [1.807, 2.05) is 0 Å². The van der Waals surface area contributed by atoms with Crippen molar-refractivity contribution in [1.29, 1.82) is 0 Å². The third-order valence-electron chi connectivity index (χ3n) is 2.74. The van der Waals surface area contributed by atoms with Crippen LogP contribution in [-0.2, 0) is 0 Å². The van der Waals surface area contributed by atoms with Crippen molar-refractivity contribution in [2.45, 2.75) is 25.9 Å². The third kappa shape index (κ3) is 0.584. The molecule has 1 fully saturated rings. The van der Waals surface area contributed by atoms with Gasteiger partial charge < -0.3 is 5.11 Å². The smallest absolute Gasteiger partial charge is 0.0611 e. The molecule has 2 aliphatic carbocycles. The lowest BCUT2D eigenvalue weighted by Crippen LogP contribution is -2.38. The van der Waals surface area contributed by atoms with Crippen LogP contribution in [0.3, 0.4) is 0 Å². The molecule has 0 radical (unpaired) electrons. The molecule has 0 spiro atoms. The molecule has 1 saturated carbocycles. The second-order valence-electron chi connectivity index (χ2n) is 3.27. The average molecular weight is 124 g/mol. The summed E-state index contributed by atoms with van der Waals surface area (Å²) in [6.45, 7) is 2.13. The second-order valence-corrected chi connectivity index (χ2v) is 3.27. The van der Waals surface area contributed by atoms with E-state index >= 15 is 0 Å². The summed E-state index contributed by atoms with van der Waals surface area (Å²) in [5.41, 5.74) is 1.42. The van der Waals surface area contributed by atoms with Gasteiger partial charge in [-0.3, -0.25) is 0 Å². The van der Waals surface area contributed by atoms with E-state index < -0.39 is 0 Å². The summed E-state index contributed by atoms with van der Waals surface area (Å²) in [5, 5.41) is 9.25. The monoisotopic (exact) mass is 124 g/mol. The number of aliphatic hydroxyl groups excluding tert-OH is 1. The van der Waals surface area contributed by atoms with Crippen LogP contribution in [0.5, 0.6) is 0 Å². The van der Waals surface area contributed by atoms with E-state index in [-0.39, 0.29) is 6.10 Å². The topological polar surface area (TPSA) is 20.2 Å². The lowest BCUT2D eigenvalue weighted by atomic mass is 9.71. The first kappa shape index (κ1) is 5.48. The largest absolute Gasteiger partial charge is 0.392 e. The molecule has 2 aliphatic rings. The van der Waals surface area contributed by atoms with E-state index in [1.54, 1.807) is 0 Å². The SMILES string of the molecule is CC1=CC[C@@H]2C[C@H](O)[C@H]12. The van der Waals surface area contributed by atoms with Crippen LogP contribution >= 0.6 is 0 Å². The maximum Gasteiger partial charge on any atom is 0.0611 e. The number of allylic oxidation sites excluding steroid dienone is 1. The molecule has 9 heavy (non-hydrogen) atoms. The summed E-state index contributed by atoms with van der Waals surface area (Å²) < 4.78 is 0. The van der Waals surface area contributed by atoms with Crippen molar-refractivity contribution in [1.82, 2.24) is 0 Å². The third-order valence-corrected chi connectivity index (χ3v) is 2.74. The van der Waals surface area contributed by atoms with E-state index in [9.17, 15) is 5.11 Å². The average Bonchev–Trinajstić information content (AvgIpc) is 2.04.